The monoisotopic (exact) mass is 390 g/mol. The highest BCUT2D eigenvalue weighted by Gasteiger charge is 2.23. The van der Waals surface area contributed by atoms with Crippen LogP contribution in [0.25, 0.3) is 0 Å². The molecule has 0 radical (unpaired) electrons. The van der Waals surface area contributed by atoms with Crippen molar-refractivity contribution in [3.8, 4) is 5.75 Å². The molecular formula is C16H18N6O6. The van der Waals surface area contributed by atoms with Crippen molar-refractivity contribution in [1.82, 2.24) is 9.78 Å². The van der Waals surface area contributed by atoms with E-state index < -0.39 is 22.8 Å². The van der Waals surface area contributed by atoms with E-state index in [1.54, 1.807) is 12.1 Å². The van der Waals surface area contributed by atoms with E-state index in [4.69, 9.17) is 21.0 Å². The number of carbonyl (C=O) groups is 2. The molecule has 0 fully saturated rings. The van der Waals surface area contributed by atoms with Gasteiger partial charge < -0.3 is 21.0 Å². The van der Waals surface area contributed by atoms with E-state index in [1.165, 1.54) is 26.0 Å². The van der Waals surface area contributed by atoms with Gasteiger partial charge in [0, 0.05) is 5.56 Å². The van der Waals surface area contributed by atoms with Gasteiger partial charge in [-0.25, -0.2) is 4.79 Å². The van der Waals surface area contributed by atoms with Crippen LogP contribution in [-0.2, 0) is 14.4 Å². The average Bonchev–Trinajstić information content (AvgIpc) is 3.05. The first-order valence-electron chi connectivity index (χ1n) is 7.95. The molecule has 12 heteroatoms. The summed E-state index contributed by atoms with van der Waals surface area (Å²) in [6.45, 7) is 2.65. The van der Waals surface area contributed by atoms with E-state index in [1.807, 2.05) is 0 Å². The van der Waals surface area contributed by atoms with E-state index in [0.29, 0.717) is 11.3 Å². The molecule has 0 aliphatic rings. The lowest BCUT2D eigenvalue weighted by Gasteiger charge is -2.08. The van der Waals surface area contributed by atoms with Crippen molar-refractivity contribution in [1.29, 1.82) is 0 Å². The Balaban J connectivity index is 2.01. The number of amides is 1. The van der Waals surface area contributed by atoms with E-state index in [-0.39, 0.29) is 23.8 Å². The van der Waals surface area contributed by atoms with Crippen LogP contribution < -0.4 is 16.2 Å². The molecule has 1 amide bonds. The highest BCUT2D eigenvalue weighted by Crippen LogP contribution is 2.19. The Hall–Kier alpha value is -3.96. The van der Waals surface area contributed by atoms with Crippen molar-refractivity contribution >= 4 is 23.4 Å². The number of hydrogen-bond donors (Lipinski definition) is 2. The van der Waals surface area contributed by atoms with E-state index in [2.05, 4.69) is 10.3 Å². The van der Waals surface area contributed by atoms with Crippen LogP contribution in [0, 0.1) is 17.0 Å². The number of hydrogen-bond acceptors (Lipinski definition) is 8. The Labute approximate surface area is 158 Å². The van der Waals surface area contributed by atoms with Crippen molar-refractivity contribution in [2.45, 2.75) is 19.9 Å². The van der Waals surface area contributed by atoms with Crippen molar-refractivity contribution in [2.75, 3.05) is 6.61 Å². The van der Waals surface area contributed by atoms with Gasteiger partial charge in [0.05, 0.1) is 4.92 Å². The van der Waals surface area contributed by atoms with E-state index in [9.17, 15) is 19.7 Å². The van der Waals surface area contributed by atoms with Crippen LogP contribution >= 0.6 is 0 Å². The van der Waals surface area contributed by atoms with Crippen LogP contribution in [0.1, 0.15) is 24.2 Å². The Morgan fingerprint density at radius 1 is 1.32 bits per heavy atom. The van der Waals surface area contributed by atoms with Crippen LogP contribution in [0.2, 0.25) is 0 Å². The molecule has 4 N–H and O–H groups in total. The van der Waals surface area contributed by atoms with Crippen molar-refractivity contribution in [2.24, 2.45) is 16.6 Å². The second kappa shape index (κ2) is 8.62. The number of ether oxygens (including phenoxy) is 1. The normalized spacial score (nSPS) is 12.3. The largest absolute Gasteiger partial charge is 0.484 e. The van der Waals surface area contributed by atoms with Gasteiger partial charge in [0.15, 0.2) is 12.4 Å². The molecule has 148 valence electrons. The molecule has 28 heavy (non-hydrogen) atoms. The van der Waals surface area contributed by atoms with Gasteiger partial charge in [-0.2, -0.15) is 5.10 Å². The summed E-state index contributed by atoms with van der Waals surface area (Å²) in [5.41, 5.74) is 11.2. The number of amidine groups is 1. The lowest BCUT2D eigenvalue weighted by Crippen LogP contribution is -2.21. The number of nitro groups is 1. The zero-order valence-corrected chi connectivity index (χ0v) is 15.1. The highest BCUT2D eigenvalue weighted by molar-refractivity contribution is 5.97. The van der Waals surface area contributed by atoms with Crippen LogP contribution in [-0.4, -0.2) is 39.0 Å². The average molecular weight is 390 g/mol. The van der Waals surface area contributed by atoms with Crippen LogP contribution in [0.5, 0.6) is 5.75 Å². The number of aromatic nitrogens is 2. The summed E-state index contributed by atoms with van der Waals surface area (Å²) in [6, 6.07) is 5.22. The van der Waals surface area contributed by atoms with Crippen LogP contribution in [0.4, 0.5) is 5.69 Å². The maximum atomic E-state index is 12.1. The van der Waals surface area contributed by atoms with E-state index >= 15 is 0 Å². The summed E-state index contributed by atoms with van der Waals surface area (Å²) in [7, 11) is 0. The van der Waals surface area contributed by atoms with Gasteiger partial charge in [0.1, 0.15) is 23.7 Å². The maximum Gasteiger partial charge on any atom is 0.359 e. The summed E-state index contributed by atoms with van der Waals surface area (Å²) in [5, 5.41) is 18.4. The smallest absolute Gasteiger partial charge is 0.359 e. The first-order valence-corrected chi connectivity index (χ1v) is 7.95. The number of nitrogens with zero attached hydrogens (tertiary/aromatic N) is 4. The SMILES string of the molecule is Cc1nn(C(C)C(=O)O/N=C(\N)c2ccc(OCC(N)=O)cc2)cc1[N+](=O)[O-]. The summed E-state index contributed by atoms with van der Waals surface area (Å²) < 4.78 is 6.23. The molecule has 0 saturated carbocycles. The van der Waals surface area contributed by atoms with Crippen molar-refractivity contribution < 1.29 is 24.1 Å². The first kappa shape index (κ1) is 20.4. The third-order valence-corrected chi connectivity index (χ3v) is 3.59. The van der Waals surface area contributed by atoms with Gasteiger partial charge in [-0.05, 0) is 38.1 Å². The summed E-state index contributed by atoms with van der Waals surface area (Å²) in [5.74, 6) is -1.09. The molecule has 2 rings (SSSR count). The Morgan fingerprint density at radius 2 is 1.96 bits per heavy atom. The van der Waals surface area contributed by atoms with Crippen molar-refractivity contribution in [3.05, 3.63) is 51.8 Å². The number of aryl methyl sites for hydroxylation is 1. The molecule has 1 aromatic heterocycles. The van der Waals surface area contributed by atoms with Crippen molar-refractivity contribution in [3.63, 3.8) is 0 Å². The predicted molar refractivity (Wildman–Crippen MR) is 96.3 cm³/mol. The quantitative estimate of drug-likeness (QED) is 0.213. The maximum absolute atomic E-state index is 12.1. The molecule has 1 atom stereocenters. The molecule has 0 aliphatic heterocycles. The molecule has 1 heterocycles. The summed E-state index contributed by atoms with van der Waals surface area (Å²) in [6.07, 6.45) is 1.14. The van der Waals surface area contributed by atoms with Gasteiger partial charge in [0.25, 0.3) is 5.91 Å². The van der Waals surface area contributed by atoms with Gasteiger partial charge in [-0.3, -0.25) is 19.6 Å². The van der Waals surface area contributed by atoms with Gasteiger partial charge in [0.2, 0.25) is 0 Å². The summed E-state index contributed by atoms with van der Waals surface area (Å²) in [4.78, 5) is 37.8. The van der Waals surface area contributed by atoms with Gasteiger partial charge in [-0.1, -0.05) is 5.16 Å². The third kappa shape index (κ3) is 5.03. The minimum atomic E-state index is -0.950. The number of rotatable bonds is 8. The van der Waals surface area contributed by atoms with E-state index in [0.717, 1.165) is 10.9 Å². The van der Waals surface area contributed by atoms with Gasteiger partial charge >= 0.3 is 11.7 Å². The Kier molecular flexibility index (Phi) is 6.26. The third-order valence-electron chi connectivity index (χ3n) is 3.59. The lowest BCUT2D eigenvalue weighted by atomic mass is 10.2. The molecule has 2 aromatic rings. The molecule has 1 unspecified atom stereocenters. The molecule has 0 aliphatic carbocycles. The second-order valence-corrected chi connectivity index (χ2v) is 5.68. The molecule has 0 spiro atoms. The fourth-order valence-corrected chi connectivity index (χ4v) is 2.06. The highest BCUT2D eigenvalue weighted by atomic mass is 16.7. The number of primary amides is 1. The first-order chi connectivity index (χ1) is 13.2. The van der Waals surface area contributed by atoms with Crippen LogP contribution in [0.3, 0.4) is 0 Å². The zero-order chi connectivity index (χ0) is 20.8. The Bertz CT molecular complexity index is 920. The number of nitrogens with two attached hydrogens (primary N) is 2. The summed E-state index contributed by atoms with van der Waals surface area (Å²) >= 11 is 0. The number of benzene rings is 1. The fourth-order valence-electron chi connectivity index (χ4n) is 2.06. The lowest BCUT2D eigenvalue weighted by molar-refractivity contribution is -0.385. The fraction of sp³-hybridized carbons (Fsp3) is 0.250. The standard InChI is InChI=1S/C16H18N6O6/c1-9-13(22(25)26)7-21(19-9)10(2)16(24)28-20-15(18)11-3-5-12(6-4-11)27-8-14(17)23/h3-7,10H,8H2,1-2H3,(H2,17,23)(H2,18,20). The molecule has 0 bridgehead atoms. The predicted octanol–water partition coefficient (Wildman–Crippen LogP) is 0.389. The second-order valence-electron chi connectivity index (χ2n) is 5.68. The number of oxime groups is 1. The molecule has 1 aromatic carbocycles. The molecule has 12 nitrogen and oxygen atoms in total. The topological polar surface area (TPSA) is 178 Å². The Morgan fingerprint density at radius 3 is 2.50 bits per heavy atom. The molecule has 0 saturated heterocycles. The minimum Gasteiger partial charge on any atom is -0.484 e. The molecular weight excluding hydrogens is 372 g/mol. The van der Waals surface area contributed by atoms with Crippen LogP contribution in [0.15, 0.2) is 35.6 Å². The minimum absolute atomic E-state index is 0.0790. The number of carbonyl (C=O) groups excluding carboxylic acids is 2. The zero-order valence-electron chi connectivity index (χ0n) is 15.1. The van der Waals surface area contributed by atoms with Gasteiger partial charge in [-0.15, -0.1) is 0 Å².